The maximum absolute atomic E-state index is 12.6. The number of amides is 1. The minimum absolute atomic E-state index is 0.234. The van der Waals surface area contributed by atoms with E-state index in [1.54, 1.807) is 24.7 Å². The van der Waals surface area contributed by atoms with Gasteiger partial charge in [0.2, 0.25) is 5.95 Å². The number of nitrogens with zero attached hydrogens (tertiary/aromatic N) is 4. The van der Waals surface area contributed by atoms with Crippen molar-refractivity contribution in [3.05, 3.63) is 77.9 Å². The third-order valence-corrected chi connectivity index (χ3v) is 4.35. The molecule has 0 unspecified atom stereocenters. The maximum atomic E-state index is 12.6. The predicted octanol–water partition coefficient (Wildman–Crippen LogP) is 3.37. The van der Waals surface area contributed by atoms with E-state index in [1.165, 1.54) is 5.56 Å². The molecular formula is C21H23N5O. The van der Waals surface area contributed by atoms with Gasteiger partial charge >= 0.3 is 0 Å². The topological polar surface area (TPSA) is 71.0 Å². The van der Waals surface area contributed by atoms with E-state index in [4.69, 9.17) is 0 Å². The van der Waals surface area contributed by atoms with E-state index in [0.717, 1.165) is 30.6 Å². The number of aromatic nitrogens is 3. The van der Waals surface area contributed by atoms with Gasteiger partial charge in [0.1, 0.15) is 5.69 Å². The first kappa shape index (κ1) is 18.5. The Labute approximate surface area is 159 Å². The zero-order chi connectivity index (χ0) is 19.1. The molecule has 6 nitrogen and oxygen atoms in total. The number of para-hydroxylation sites is 1. The molecule has 0 bridgehead atoms. The van der Waals surface area contributed by atoms with Gasteiger partial charge in [0, 0.05) is 37.9 Å². The molecule has 6 heteroatoms. The fourth-order valence-corrected chi connectivity index (χ4v) is 2.74. The van der Waals surface area contributed by atoms with E-state index in [1.807, 2.05) is 48.3 Å². The van der Waals surface area contributed by atoms with Crippen molar-refractivity contribution in [2.45, 2.75) is 19.8 Å². The van der Waals surface area contributed by atoms with Crippen molar-refractivity contribution in [1.29, 1.82) is 0 Å². The molecule has 0 saturated carbocycles. The number of benzene rings is 1. The van der Waals surface area contributed by atoms with Gasteiger partial charge in [0.15, 0.2) is 0 Å². The average Bonchev–Trinajstić information content (AvgIpc) is 2.73. The molecule has 0 aliphatic carbocycles. The van der Waals surface area contributed by atoms with E-state index >= 15 is 0 Å². The molecule has 0 radical (unpaired) electrons. The first-order valence-electron chi connectivity index (χ1n) is 8.99. The second-order valence-electron chi connectivity index (χ2n) is 6.23. The summed E-state index contributed by atoms with van der Waals surface area (Å²) in [6.45, 7) is 2.80. The van der Waals surface area contributed by atoms with Crippen LogP contribution in [0.15, 0.2) is 61.1 Å². The van der Waals surface area contributed by atoms with Gasteiger partial charge in [0.05, 0.1) is 0 Å². The Hall–Kier alpha value is -3.28. The molecule has 3 aromatic rings. The molecule has 2 heterocycles. The Balaban J connectivity index is 1.68. The number of nitrogens with one attached hydrogen (secondary N) is 1. The number of hydrogen-bond acceptors (Lipinski definition) is 5. The molecule has 0 fully saturated rings. The highest BCUT2D eigenvalue weighted by molar-refractivity contribution is 6.03. The molecule has 0 saturated heterocycles. The van der Waals surface area contributed by atoms with Crippen molar-refractivity contribution in [3.63, 3.8) is 0 Å². The van der Waals surface area contributed by atoms with Crippen LogP contribution in [-0.4, -0.2) is 34.5 Å². The first-order chi connectivity index (χ1) is 13.2. The lowest BCUT2D eigenvalue weighted by Crippen LogP contribution is -2.24. The summed E-state index contributed by atoms with van der Waals surface area (Å²) in [5.41, 5.74) is 3.45. The summed E-state index contributed by atoms with van der Waals surface area (Å²) in [5, 5.41) is 2.95. The molecule has 138 valence electrons. The zero-order valence-electron chi connectivity index (χ0n) is 15.6. The summed E-state index contributed by atoms with van der Waals surface area (Å²) >= 11 is 0. The van der Waals surface area contributed by atoms with E-state index in [0.29, 0.717) is 11.6 Å². The van der Waals surface area contributed by atoms with Crippen LogP contribution in [0.25, 0.3) is 0 Å². The number of likely N-dealkylation sites (N-methyl/N-ethyl adjacent to an activating group) is 1. The summed E-state index contributed by atoms with van der Waals surface area (Å²) in [6, 6.07) is 13.4. The van der Waals surface area contributed by atoms with E-state index < -0.39 is 0 Å². The lowest BCUT2D eigenvalue weighted by molar-refractivity contribution is 0.102. The van der Waals surface area contributed by atoms with Crippen LogP contribution in [0.3, 0.4) is 0 Å². The van der Waals surface area contributed by atoms with Gasteiger partial charge in [-0.15, -0.1) is 0 Å². The Morgan fingerprint density at radius 1 is 1.07 bits per heavy atom. The van der Waals surface area contributed by atoms with Crippen molar-refractivity contribution in [1.82, 2.24) is 15.0 Å². The van der Waals surface area contributed by atoms with Crippen molar-refractivity contribution in [2.24, 2.45) is 0 Å². The van der Waals surface area contributed by atoms with E-state index in [-0.39, 0.29) is 5.91 Å². The molecule has 27 heavy (non-hydrogen) atoms. The van der Waals surface area contributed by atoms with Crippen LogP contribution in [-0.2, 0) is 12.8 Å². The molecule has 3 rings (SSSR count). The lowest BCUT2D eigenvalue weighted by Gasteiger charge is -2.17. The van der Waals surface area contributed by atoms with E-state index in [2.05, 4.69) is 27.2 Å². The van der Waals surface area contributed by atoms with Crippen LogP contribution in [0, 0.1) is 0 Å². The van der Waals surface area contributed by atoms with Gasteiger partial charge in [-0.2, -0.15) is 0 Å². The predicted molar refractivity (Wildman–Crippen MR) is 107 cm³/mol. The molecule has 1 N–H and O–H groups in total. The van der Waals surface area contributed by atoms with Crippen molar-refractivity contribution >= 4 is 17.5 Å². The number of rotatable bonds is 7. The minimum Gasteiger partial charge on any atom is -0.344 e. The number of hydrogen-bond donors (Lipinski definition) is 1. The standard InChI is InChI=1S/C21H23N5O/c1-3-17-6-4-5-7-18(17)24-20(27)19-10-14-23-21(25-19)26(2)15-11-16-8-12-22-13-9-16/h4-10,12-14H,3,11,15H2,1-2H3,(H,24,27). The minimum atomic E-state index is -0.234. The molecule has 0 atom stereocenters. The third kappa shape index (κ3) is 4.88. The Morgan fingerprint density at radius 2 is 1.85 bits per heavy atom. The van der Waals surface area contributed by atoms with Crippen LogP contribution in [0.5, 0.6) is 0 Å². The summed E-state index contributed by atoms with van der Waals surface area (Å²) in [7, 11) is 1.92. The number of carbonyl (C=O) groups is 1. The number of pyridine rings is 1. The first-order valence-corrected chi connectivity index (χ1v) is 8.99. The largest absolute Gasteiger partial charge is 0.344 e. The fourth-order valence-electron chi connectivity index (χ4n) is 2.74. The second kappa shape index (κ2) is 8.89. The smallest absolute Gasteiger partial charge is 0.274 e. The molecule has 2 aromatic heterocycles. The number of anilines is 2. The number of aryl methyl sites for hydroxylation is 1. The van der Waals surface area contributed by atoms with E-state index in [9.17, 15) is 4.79 Å². The summed E-state index contributed by atoms with van der Waals surface area (Å²) in [5.74, 6) is 0.294. The Morgan fingerprint density at radius 3 is 2.63 bits per heavy atom. The highest BCUT2D eigenvalue weighted by Gasteiger charge is 2.13. The molecule has 1 amide bonds. The Kier molecular flexibility index (Phi) is 6.10. The molecular weight excluding hydrogens is 338 g/mol. The van der Waals surface area contributed by atoms with Crippen molar-refractivity contribution < 1.29 is 4.79 Å². The summed E-state index contributed by atoms with van der Waals surface area (Å²) in [6.07, 6.45) is 6.88. The highest BCUT2D eigenvalue weighted by atomic mass is 16.1. The fraction of sp³-hybridized carbons (Fsp3) is 0.238. The van der Waals surface area contributed by atoms with Crippen molar-refractivity contribution in [2.75, 3.05) is 23.8 Å². The summed E-state index contributed by atoms with van der Waals surface area (Å²) in [4.78, 5) is 27.3. The monoisotopic (exact) mass is 361 g/mol. The highest BCUT2D eigenvalue weighted by Crippen LogP contribution is 2.16. The quantitative estimate of drug-likeness (QED) is 0.699. The molecule has 0 aliphatic heterocycles. The SMILES string of the molecule is CCc1ccccc1NC(=O)c1ccnc(N(C)CCc2ccncc2)n1. The van der Waals surface area contributed by atoms with Gasteiger partial charge in [0.25, 0.3) is 5.91 Å². The summed E-state index contributed by atoms with van der Waals surface area (Å²) < 4.78 is 0. The second-order valence-corrected chi connectivity index (χ2v) is 6.23. The molecule has 1 aromatic carbocycles. The average molecular weight is 361 g/mol. The van der Waals surface area contributed by atoms with Crippen LogP contribution in [0.1, 0.15) is 28.5 Å². The zero-order valence-corrected chi connectivity index (χ0v) is 15.6. The maximum Gasteiger partial charge on any atom is 0.274 e. The van der Waals surface area contributed by atoms with Crippen molar-refractivity contribution in [3.8, 4) is 0 Å². The van der Waals surface area contributed by atoms with Gasteiger partial charge in [-0.3, -0.25) is 9.78 Å². The Bertz CT molecular complexity index is 898. The lowest BCUT2D eigenvalue weighted by atomic mass is 10.1. The van der Waals surface area contributed by atoms with Crippen LogP contribution in [0.2, 0.25) is 0 Å². The van der Waals surface area contributed by atoms with Crippen LogP contribution < -0.4 is 10.2 Å². The number of carbonyl (C=O) groups excluding carboxylic acids is 1. The molecule has 0 spiro atoms. The van der Waals surface area contributed by atoms with Gasteiger partial charge in [-0.1, -0.05) is 25.1 Å². The van der Waals surface area contributed by atoms with Crippen LogP contribution in [0.4, 0.5) is 11.6 Å². The van der Waals surface area contributed by atoms with Crippen LogP contribution >= 0.6 is 0 Å². The van der Waals surface area contributed by atoms with Gasteiger partial charge < -0.3 is 10.2 Å². The van der Waals surface area contributed by atoms with Gasteiger partial charge in [-0.05, 0) is 48.2 Å². The third-order valence-electron chi connectivity index (χ3n) is 4.35. The normalized spacial score (nSPS) is 10.4. The van der Waals surface area contributed by atoms with Gasteiger partial charge in [-0.25, -0.2) is 9.97 Å². The molecule has 0 aliphatic rings.